The summed E-state index contributed by atoms with van der Waals surface area (Å²) in [6.45, 7) is 2.62. The predicted octanol–water partition coefficient (Wildman–Crippen LogP) is 3.51. The van der Waals surface area contributed by atoms with Crippen LogP contribution in [0.2, 0.25) is 5.02 Å². The minimum absolute atomic E-state index is 0.251. The molecule has 2 aliphatic rings. The van der Waals surface area contributed by atoms with Crippen molar-refractivity contribution in [1.82, 2.24) is 5.32 Å². The van der Waals surface area contributed by atoms with Crippen LogP contribution in [0.25, 0.3) is 0 Å². The summed E-state index contributed by atoms with van der Waals surface area (Å²) in [4.78, 5) is 0. The number of ether oxygens (including phenoxy) is 3. The van der Waals surface area contributed by atoms with Gasteiger partial charge in [0.25, 0.3) is 0 Å². The zero-order valence-electron chi connectivity index (χ0n) is 12.2. The minimum atomic E-state index is 0.251. The van der Waals surface area contributed by atoms with Crippen LogP contribution in [0.15, 0.2) is 12.1 Å². The van der Waals surface area contributed by atoms with Crippen LogP contribution in [0.4, 0.5) is 0 Å². The lowest BCUT2D eigenvalue weighted by molar-refractivity contribution is 0.0302. The van der Waals surface area contributed by atoms with Gasteiger partial charge in [0.15, 0.2) is 11.5 Å². The number of rotatable bonds is 6. The van der Waals surface area contributed by atoms with Gasteiger partial charge in [-0.15, -0.1) is 0 Å². The Labute approximate surface area is 130 Å². The highest BCUT2D eigenvalue weighted by Gasteiger charge is 2.18. The molecule has 116 valence electrons. The first kappa shape index (κ1) is 14.9. The van der Waals surface area contributed by atoms with Gasteiger partial charge >= 0.3 is 0 Å². The van der Waals surface area contributed by atoms with E-state index in [1.54, 1.807) is 0 Å². The summed E-state index contributed by atoms with van der Waals surface area (Å²) in [5.74, 6) is 1.39. The molecule has 1 aliphatic heterocycles. The molecule has 1 heterocycles. The van der Waals surface area contributed by atoms with Gasteiger partial charge in [-0.05, 0) is 30.5 Å². The largest absolute Gasteiger partial charge is 0.454 e. The molecule has 0 bridgehead atoms. The normalized spacial score (nSPS) is 18.1. The lowest BCUT2D eigenvalue weighted by atomic mass is 9.98. The lowest BCUT2D eigenvalue weighted by Crippen LogP contribution is -2.24. The Morgan fingerprint density at radius 2 is 2.05 bits per heavy atom. The molecular weight excluding hydrogens is 290 g/mol. The molecule has 4 nitrogen and oxygen atoms in total. The van der Waals surface area contributed by atoms with Crippen LogP contribution in [0.3, 0.4) is 0 Å². The van der Waals surface area contributed by atoms with Crippen LogP contribution < -0.4 is 14.8 Å². The van der Waals surface area contributed by atoms with E-state index in [9.17, 15) is 0 Å². The molecule has 1 aromatic rings. The number of halogens is 1. The monoisotopic (exact) mass is 311 g/mol. The van der Waals surface area contributed by atoms with E-state index in [1.807, 2.05) is 12.1 Å². The van der Waals surface area contributed by atoms with Gasteiger partial charge < -0.3 is 19.5 Å². The summed E-state index contributed by atoms with van der Waals surface area (Å²) < 4.78 is 16.6. The second kappa shape index (κ2) is 7.34. The average molecular weight is 312 g/mol. The topological polar surface area (TPSA) is 39.7 Å². The number of fused-ring (bicyclic) bond motifs is 1. The summed E-state index contributed by atoms with van der Waals surface area (Å²) in [5.41, 5.74) is 1.10. The molecule has 0 aromatic heterocycles. The predicted molar refractivity (Wildman–Crippen MR) is 82.1 cm³/mol. The van der Waals surface area contributed by atoms with Crippen molar-refractivity contribution in [3.8, 4) is 11.5 Å². The van der Waals surface area contributed by atoms with Crippen LogP contribution in [-0.4, -0.2) is 26.0 Å². The number of benzene rings is 1. The summed E-state index contributed by atoms with van der Waals surface area (Å²) >= 11 is 6.16. The molecule has 0 saturated heterocycles. The van der Waals surface area contributed by atoms with Crippen molar-refractivity contribution < 1.29 is 14.2 Å². The molecule has 1 N–H and O–H groups in total. The number of nitrogens with one attached hydrogen (secondary N) is 1. The molecule has 1 saturated carbocycles. The number of hydrogen-bond acceptors (Lipinski definition) is 4. The van der Waals surface area contributed by atoms with Crippen molar-refractivity contribution in [3.63, 3.8) is 0 Å². The smallest absolute Gasteiger partial charge is 0.231 e. The molecule has 0 spiro atoms. The Kier molecular flexibility index (Phi) is 5.22. The second-order valence-electron chi connectivity index (χ2n) is 5.62. The molecule has 1 fully saturated rings. The van der Waals surface area contributed by atoms with Crippen LogP contribution in [0, 0.1) is 0 Å². The van der Waals surface area contributed by atoms with Gasteiger partial charge in [0.1, 0.15) is 0 Å². The fourth-order valence-corrected chi connectivity index (χ4v) is 3.17. The molecule has 1 aliphatic carbocycles. The van der Waals surface area contributed by atoms with E-state index >= 15 is 0 Å². The SMILES string of the molecule is Clc1cc(CNCCOC2CCCCC2)cc2c1OCO2. The molecule has 3 rings (SSSR count). The Morgan fingerprint density at radius 1 is 1.19 bits per heavy atom. The van der Waals surface area contributed by atoms with Crippen LogP contribution in [0.5, 0.6) is 11.5 Å². The number of hydrogen-bond donors (Lipinski definition) is 1. The zero-order valence-corrected chi connectivity index (χ0v) is 13.0. The van der Waals surface area contributed by atoms with Crippen molar-refractivity contribution in [2.75, 3.05) is 19.9 Å². The van der Waals surface area contributed by atoms with E-state index in [0.717, 1.165) is 31.0 Å². The van der Waals surface area contributed by atoms with Crippen molar-refractivity contribution in [1.29, 1.82) is 0 Å². The van der Waals surface area contributed by atoms with E-state index in [2.05, 4.69) is 5.32 Å². The molecule has 1 aromatic carbocycles. The van der Waals surface area contributed by atoms with Crippen LogP contribution in [-0.2, 0) is 11.3 Å². The summed E-state index contributed by atoms with van der Waals surface area (Å²) in [6.07, 6.45) is 6.90. The molecular formula is C16H22ClNO3. The van der Waals surface area contributed by atoms with E-state index < -0.39 is 0 Å². The quantitative estimate of drug-likeness (QED) is 0.816. The Balaban J connectivity index is 1.38. The van der Waals surface area contributed by atoms with Gasteiger partial charge in [-0.2, -0.15) is 0 Å². The molecule has 0 radical (unpaired) electrons. The van der Waals surface area contributed by atoms with Gasteiger partial charge in [-0.1, -0.05) is 30.9 Å². The highest BCUT2D eigenvalue weighted by Crippen LogP contribution is 2.39. The van der Waals surface area contributed by atoms with E-state index in [1.165, 1.54) is 32.1 Å². The van der Waals surface area contributed by atoms with Crippen molar-refractivity contribution in [2.45, 2.75) is 44.8 Å². The van der Waals surface area contributed by atoms with Crippen molar-refractivity contribution in [3.05, 3.63) is 22.7 Å². The van der Waals surface area contributed by atoms with Gasteiger partial charge in [0.2, 0.25) is 6.79 Å². The minimum Gasteiger partial charge on any atom is -0.454 e. The summed E-state index contributed by atoms with van der Waals surface area (Å²) in [6, 6.07) is 3.90. The molecule has 0 amide bonds. The maximum Gasteiger partial charge on any atom is 0.231 e. The Morgan fingerprint density at radius 3 is 2.90 bits per heavy atom. The molecule has 0 unspecified atom stereocenters. The third-order valence-electron chi connectivity index (χ3n) is 4.00. The highest BCUT2D eigenvalue weighted by atomic mass is 35.5. The maximum absolute atomic E-state index is 6.16. The first-order chi connectivity index (χ1) is 10.3. The summed E-state index contributed by atoms with van der Waals surface area (Å²) in [7, 11) is 0. The van der Waals surface area contributed by atoms with Gasteiger partial charge in [-0.3, -0.25) is 0 Å². The van der Waals surface area contributed by atoms with Gasteiger partial charge in [-0.25, -0.2) is 0 Å². The van der Waals surface area contributed by atoms with E-state index in [-0.39, 0.29) is 6.79 Å². The van der Waals surface area contributed by atoms with E-state index in [0.29, 0.717) is 16.9 Å². The first-order valence-corrected chi connectivity index (χ1v) is 8.11. The van der Waals surface area contributed by atoms with Crippen molar-refractivity contribution in [2.24, 2.45) is 0 Å². The van der Waals surface area contributed by atoms with E-state index in [4.69, 9.17) is 25.8 Å². The van der Waals surface area contributed by atoms with Gasteiger partial charge in [0, 0.05) is 13.1 Å². The average Bonchev–Trinajstić information content (AvgIpc) is 2.97. The third kappa shape index (κ3) is 4.02. The Hall–Kier alpha value is -0.970. The molecule has 21 heavy (non-hydrogen) atoms. The first-order valence-electron chi connectivity index (χ1n) is 7.73. The van der Waals surface area contributed by atoms with Crippen molar-refractivity contribution >= 4 is 11.6 Å². The summed E-state index contributed by atoms with van der Waals surface area (Å²) in [5, 5.41) is 3.99. The molecule has 0 atom stereocenters. The van der Waals surface area contributed by atoms with Crippen LogP contribution in [0.1, 0.15) is 37.7 Å². The van der Waals surface area contributed by atoms with Crippen LogP contribution >= 0.6 is 11.6 Å². The highest BCUT2D eigenvalue weighted by molar-refractivity contribution is 6.32. The maximum atomic E-state index is 6.16. The van der Waals surface area contributed by atoms with Gasteiger partial charge in [0.05, 0.1) is 17.7 Å². The fourth-order valence-electron chi connectivity index (χ4n) is 2.89. The molecule has 5 heteroatoms. The zero-order chi connectivity index (χ0) is 14.5. The standard InChI is InChI=1S/C16H22ClNO3/c17-14-8-12(9-15-16(14)21-11-20-15)10-18-6-7-19-13-4-2-1-3-5-13/h8-9,13,18H,1-7,10-11H2. The Bertz CT molecular complexity index is 475. The third-order valence-corrected chi connectivity index (χ3v) is 4.28. The lowest BCUT2D eigenvalue weighted by Gasteiger charge is -2.22. The second-order valence-corrected chi connectivity index (χ2v) is 6.03. The fraction of sp³-hybridized carbons (Fsp3) is 0.625.